The third kappa shape index (κ3) is 2.85. The Balaban J connectivity index is 1.59. The van der Waals surface area contributed by atoms with Crippen molar-refractivity contribution in [2.45, 2.75) is 37.7 Å². The summed E-state index contributed by atoms with van der Waals surface area (Å²) in [5.41, 5.74) is 2.34. The van der Waals surface area contributed by atoms with Crippen LogP contribution in [0.2, 0.25) is 0 Å². The Kier molecular flexibility index (Phi) is 4.35. The molecular formula is C20H22BrN3O2. The van der Waals surface area contributed by atoms with Gasteiger partial charge in [0.25, 0.3) is 0 Å². The van der Waals surface area contributed by atoms with Crippen LogP contribution in [-0.2, 0) is 27.0 Å². The predicted octanol–water partition coefficient (Wildman–Crippen LogP) is 3.22. The summed E-state index contributed by atoms with van der Waals surface area (Å²) < 4.78 is 6.84. The van der Waals surface area contributed by atoms with Gasteiger partial charge in [-0.2, -0.15) is 0 Å². The first kappa shape index (κ1) is 17.6. The monoisotopic (exact) mass is 415 g/mol. The number of benzene rings is 1. The number of rotatable bonds is 2. The Labute approximate surface area is 161 Å². The molecule has 1 unspecified atom stereocenters. The second-order valence-corrected chi connectivity index (χ2v) is 8.69. The highest BCUT2D eigenvalue weighted by Crippen LogP contribution is 2.40. The van der Waals surface area contributed by atoms with Gasteiger partial charge in [-0.25, -0.2) is 9.97 Å². The summed E-state index contributed by atoms with van der Waals surface area (Å²) in [6, 6.07) is 8.00. The number of halogens is 1. The molecule has 1 atom stereocenters. The molecule has 3 heterocycles. The lowest BCUT2D eigenvalue weighted by Crippen LogP contribution is -2.46. The van der Waals surface area contributed by atoms with E-state index in [1.54, 1.807) is 6.33 Å². The second kappa shape index (κ2) is 6.43. The van der Waals surface area contributed by atoms with E-state index >= 15 is 0 Å². The first-order chi connectivity index (χ1) is 12.4. The number of hydrogen-bond donors (Lipinski definition) is 0. The first-order valence-corrected chi connectivity index (χ1v) is 9.64. The predicted molar refractivity (Wildman–Crippen MR) is 102 cm³/mol. The van der Waals surface area contributed by atoms with Gasteiger partial charge < -0.3 is 9.64 Å². The van der Waals surface area contributed by atoms with Crippen LogP contribution in [0.3, 0.4) is 0 Å². The van der Waals surface area contributed by atoms with Crippen LogP contribution in [0.15, 0.2) is 41.3 Å². The lowest BCUT2D eigenvalue weighted by atomic mass is 9.80. The highest BCUT2D eigenvalue weighted by molar-refractivity contribution is 9.10. The first-order valence-electron chi connectivity index (χ1n) is 8.85. The van der Waals surface area contributed by atoms with Gasteiger partial charge in [-0.3, -0.25) is 4.79 Å². The topological polar surface area (TPSA) is 55.3 Å². The van der Waals surface area contributed by atoms with E-state index in [2.05, 4.69) is 25.9 Å². The minimum absolute atomic E-state index is 0.151. The zero-order valence-electron chi connectivity index (χ0n) is 15.0. The van der Waals surface area contributed by atoms with Gasteiger partial charge >= 0.3 is 0 Å². The van der Waals surface area contributed by atoms with Crippen molar-refractivity contribution in [1.82, 2.24) is 14.9 Å². The van der Waals surface area contributed by atoms with E-state index in [-0.39, 0.29) is 11.3 Å². The fourth-order valence-electron chi connectivity index (χ4n) is 4.11. The number of carbonyl (C=O) groups excluding carboxylic acids is 1. The van der Waals surface area contributed by atoms with E-state index < -0.39 is 5.41 Å². The normalized spacial score (nSPS) is 22.5. The molecule has 1 fully saturated rings. The van der Waals surface area contributed by atoms with Gasteiger partial charge in [-0.15, -0.1) is 0 Å². The number of aromatic nitrogens is 2. The molecule has 0 aliphatic carbocycles. The summed E-state index contributed by atoms with van der Waals surface area (Å²) in [5.74, 6) is 0.151. The number of likely N-dealkylation sites (tertiary alicyclic amines) is 1. The smallest absolute Gasteiger partial charge is 0.232 e. The molecule has 0 saturated carbocycles. The van der Waals surface area contributed by atoms with Crippen LogP contribution in [0.5, 0.6) is 0 Å². The molecule has 1 saturated heterocycles. The molecule has 1 spiro atoms. The third-order valence-electron chi connectivity index (χ3n) is 5.67. The molecule has 6 heteroatoms. The van der Waals surface area contributed by atoms with Crippen molar-refractivity contribution >= 4 is 21.8 Å². The van der Waals surface area contributed by atoms with E-state index in [4.69, 9.17) is 4.74 Å². The molecule has 1 aromatic carbocycles. The maximum Gasteiger partial charge on any atom is 0.232 e. The molecule has 0 N–H and O–H groups in total. The molecule has 136 valence electrons. The van der Waals surface area contributed by atoms with Crippen molar-refractivity contribution in [1.29, 1.82) is 0 Å². The van der Waals surface area contributed by atoms with Crippen LogP contribution < -0.4 is 0 Å². The Bertz CT molecular complexity index is 837. The van der Waals surface area contributed by atoms with E-state index in [0.29, 0.717) is 19.8 Å². The van der Waals surface area contributed by atoms with Crippen LogP contribution in [0.25, 0.3) is 0 Å². The van der Waals surface area contributed by atoms with Gasteiger partial charge in [0, 0.05) is 29.3 Å². The summed E-state index contributed by atoms with van der Waals surface area (Å²) in [7, 11) is 0. The van der Waals surface area contributed by atoms with Crippen molar-refractivity contribution in [3.63, 3.8) is 0 Å². The molecular weight excluding hydrogens is 394 g/mol. The molecule has 2 aliphatic rings. The van der Waals surface area contributed by atoms with Gasteiger partial charge in [0.05, 0.1) is 29.7 Å². The Hall–Kier alpha value is -1.79. The van der Waals surface area contributed by atoms with E-state index in [9.17, 15) is 4.79 Å². The molecule has 1 aromatic heterocycles. The van der Waals surface area contributed by atoms with Gasteiger partial charge in [0.15, 0.2) is 0 Å². The second-order valence-electron chi connectivity index (χ2n) is 7.78. The van der Waals surface area contributed by atoms with E-state index in [1.807, 2.05) is 49.2 Å². The van der Waals surface area contributed by atoms with E-state index in [1.165, 1.54) is 0 Å². The zero-order valence-corrected chi connectivity index (χ0v) is 16.6. The quantitative estimate of drug-likeness (QED) is 0.755. The van der Waals surface area contributed by atoms with Crippen LogP contribution >= 0.6 is 15.9 Å². The van der Waals surface area contributed by atoms with Gasteiger partial charge in [-0.1, -0.05) is 28.1 Å². The van der Waals surface area contributed by atoms with Gasteiger partial charge in [0.2, 0.25) is 5.91 Å². The SMILES string of the molecule is CC(C)(C(=O)N1CCC2(COCc3cncnc32)C1)c1ccc(Br)cc1. The number of carbonyl (C=O) groups is 1. The number of amides is 1. The molecule has 5 nitrogen and oxygen atoms in total. The summed E-state index contributed by atoms with van der Waals surface area (Å²) in [4.78, 5) is 24.0. The van der Waals surface area contributed by atoms with Crippen molar-refractivity contribution < 1.29 is 9.53 Å². The van der Waals surface area contributed by atoms with Crippen molar-refractivity contribution in [2.75, 3.05) is 19.7 Å². The van der Waals surface area contributed by atoms with Crippen molar-refractivity contribution in [3.05, 3.63) is 58.1 Å². The highest BCUT2D eigenvalue weighted by Gasteiger charge is 2.48. The average molecular weight is 416 g/mol. The van der Waals surface area contributed by atoms with Crippen LogP contribution in [0.4, 0.5) is 0 Å². The minimum Gasteiger partial charge on any atom is -0.376 e. The Morgan fingerprint density at radius 3 is 2.85 bits per heavy atom. The number of hydrogen-bond acceptors (Lipinski definition) is 4. The molecule has 4 rings (SSSR count). The number of fused-ring (bicyclic) bond motifs is 2. The molecule has 0 radical (unpaired) electrons. The van der Waals surface area contributed by atoms with Crippen molar-refractivity contribution in [2.24, 2.45) is 0 Å². The molecule has 26 heavy (non-hydrogen) atoms. The van der Waals surface area contributed by atoms with Gasteiger partial charge in [0.1, 0.15) is 6.33 Å². The third-order valence-corrected chi connectivity index (χ3v) is 6.20. The lowest BCUT2D eigenvalue weighted by molar-refractivity contribution is -0.135. The minimum atomic E-state index is -0.573. The maximum atomic E-state index is 13.3. The van der Waals surface area contributed by atoms with Crippen LogP contribution in [0, 0.1) is 0 Å². The summed E-state index contributed by atoms with van der Waals surface area (Å²) in [6.07, 6.45) is 4.31. The summed E-state index contributed by atoms with van der Waals surface area (Å²) in [5, 5.41) is 0. The van der Waals surface area contributed by atoms with E-state index in [0.717, 1.165) is 34.3 Å². The largest absolute Gasteiger partial charge is 0.376 e. The zero-order chi connectivity index (χ0) is 18.4. The number of nitrogens with zero attached hydrogens (tertiary/aromatic N) is 3. The lowest BCUT2D eigenvalue weighted by Gasteiger charge is -2.35. The molecule has 2 aliphatic heterocycles. The fraction of sp³-hybridized carbons (Fsp3) is 0.450. The Morgan fingerprint density at radius 2 is 2.08 bits per heavy atom. The van der Waals surface area contributed by atoms with Crippen LogP contribution in [0.1, 0.15) is 37.1 Å². The summed E-state index contributed by atoms with van der Waals surface area (Å²) in [6.45, 7) is 6.53. The molecule has 2 aromatic rings. The Morgan fingerprint density at radius 1 is 1.31 bits per heavy atom. The van der Waals surface area contributed by atoms with Gasteiger partial charge in [-0.05, 0) is 38.0 Å². The number of ether oxygens (including phenoxy) is 1. The average Bonchev–Trinajstić information content (AvgIpc) is 3.06. The molecule has 0 bridgehead atoms. The standard InChI is InChI=1S/C20H22BrN3O2/c1-19(2,15-3-5-16(21)6-4-15)18(25)24-8-7-20(11-24)12-26-10-14-9-22-13-23-17(14)20/h3-6,9,13H,7-8,10-12H2,1-2H3. The molecule has 1 amide bonds. The fourth-order valence-corrected chi connectivity index (χ4v) is 4.37. The summed E-state index contributed by atoms with van der Waals surface area (Å²) >= 11 is 3.46. The van der Waals surface area contributed by atoms with Crippen molar-refractivity contribution in [3.8, 4) is 0 Å². The van der Waals surface area contributed by atoms with Crippen LogP contribution in [-0.4, -0.2) is 40.5 Å². The highest BCUT2D eigenvalue weighted by atomic mass is 79.9. The maximum absolute atomic E-state index is 13.3.